The van der Waals surface area contributed by atoms with Gasteiger partial charge in [-0.1, -0.05) is 37.9 Å². The van der Waals surface area contributed by atoms with Crippen molar-refractivity contribution in [2.45, 2.75) is 13.8 Å². The van der Waals surface area contributed by atoms with E-state index in [1.54, 1.807) is 12.1 Å². The van der Waals surface area contributed by atoms with Crippen molar-refractivity contribution in [2.24, 2.45) is 0 Å². The molecule has 2 nitrogen and oxygen atoms in total. The summed E-state index contributed by atoms with van der Waals surface area (Å²) in [5, 5.41) is 26.1. The summed E-state index contributed by atoms with van der Waals surface area (Å²) in [5.41, 5.74) is 2.07. The highest BCUT2D eigenvalue weighted by atomic mass is 31.1. The Balaban J connectivity index is 2.31. The van der Waals surface area contributed by atoms with Crippen molar-refractivity contribution in [3.05, 3.63) is 65.7 Å². The number of benzene rings is 3. The van der Waals surface area contributed by atoms with Crippen LogP contribution in [-0.4, -0.2) is 10.2 Å². The quantitative estimate of drug-likeness (QED) is 0.452. The van der Waals surface area contributed by atoms with Crippen LogP contribution < -0.4 is 0 Å². The Morgan fingerprint density at radius 2 is 1.17 bits per heavy atom. The highest BCUT2D eigenvalue weighted by molar-refractivity contribution is 7.68. The molecule has 0 saturated carbocycles. The average Bonchev–Trinajstić information content (AvgIpc) is 2.82. The Bertz CT molecular complexity index is 981. The van der Waals surface area contributed by atoms with Gasteiger partial charge in [-0.2, -0.15) is 0 Å². The van der Waals surface area contributed by atoms with Crippen LogP contribution in [0.15, 0.2) is 54.6 Å². The van der Waals surface area contributed by atoms with Crippen LogP contribution in [0.1, 0.15) is 11.1 Å². The number of phenols is 2. The summed E-state index contributed by atoms with van der Waals surface area (Å²) in [6.07, 6.45) is 0. The van der Waals surface area contributed by atoms with Gasteiger partial charge in [0.2, 0.25) is 0 Å². The Labute approximate surface area is 135 Å². The second kappa shape index (κ2) is 5.04. The highest BCUT2D eigenvalue weighted by Gasteiger charge is 2.19. The molecule has 0 spiro atoms. The zero-order valence-electron chi connectivity index (χ0n) is 13.0. The largest absolute Gasteiger partial charge is 0.507 e. The van der Waals surface area contributed by atoms with Crippen LogP contribution in [0, 0.1) is 13.8 Å². The number of aryl methyl sites for hydroxylation is 2. The maximum absolute atomic E-state index is 10.5. The molecule has 0 atom stereocenters. The average molecular weight is 320 g/mol. The third-order valence-electron chi connectivity index (χ3n) is 4.23. The van der Waals surface area contributed by atoms with Gasteiger partial charge in [0, 0.05) is 21.0 Å². The van der Waals surface area contributed by atoms with E-state index in [1.807, 2.05) is 32.0 Å². The zero-order chi connectivity index (χ0) is 16.1. The highest BCUT2D eigenvalue weighted by Crippen LogP contribution is 2.58. The summed E-state index contributed by atoms with van der Waals surface area (Å²) in [7, 11) is -0.757. The number of hydrogen-bond donors (Lipinski definition) is 2. The predicted molar refractivity (Wildman–Crippen MR) is 98.3 cm³/mol. The Kier molecular flexibility index (Phi) is 3.11. The molecule has 0 amide bonds. The summed E-state index contributed by atoms with van der Waals surface area (Å²) < 4.78 is 0. The molecule has 2 N–H and O–H groups in total. The fraction of sp³-hybridized carbons (Fsp3) is 0.100. The normalized spacial score (nSPS) is 11.4. The van der Waals surface area contributed by atoms with E-state index in [-0.39, 0.29) is 11.5 Å². The summed E-state index contributed by atoms with van der Waals surface area (Å²) in [5.74, 6) is 0.502. The van der Waals surface area contributed by atoms with Crippen molar-refractivity contribution in [3.63, 3.8) is 0 Å². The molecule has 0 aliphatic rings. The van der Waals surface area contributed by atoms with E-state index in [4.69, 9.17) is 0 Å². The zero-order valence-corrected chi connectivity index (χ0v) is 13.9. The molecule has 0 unspecified atom stereocenters. The lowest BCUT2D eigenvalue weighted by atomic mass is 10.1. The van der Waals surface area contributed by atoms with Crippen LogP contribution >= 0.6 is 7.53 Å². The Hall–Kier alpha value is -2.44. The lowest BCUT2D eigenvalue weighted by Crippen LogP contribution is -1.75. The molecule has 0 bridgehead atoms. The van der Waals surface area contributed by atoms with Crippen LogP contribution in [0.25, 0.3) is 26.3 Å². The van der Waals surface area contributed by atoms with E-state index in [2.05, 4.69) is 24.3 Å². The van der Waals surface area contributed by atoms with Crippen molar-refractivity contribution in [2.75, 3.05) is 0 Å². The number of phenolic OH excluding ortho intramolecular Hbond substituents is 2. The molecule has 23 heavy (non-hydrogen) atoms. The minimum atomic E-state index is -0.757. The van der Waals surface area contributed by atoms with Crippen LogP contribution in [-0.2, 0) is 0 Å². The minimum absolute atomic E-state index is 0.251. The monoisotopic (exact) mass is 320 g/mol. The topological polar surface area (TPSA) is 40.5 Å². The van der Waals surface area contributed by atoms with Crippen molar-refractivity contribution < 1.29 is 10.2 Å². The van der Waals surface area contributed by atoms with Crippen molar-refractivity contribution in [3.8, 4) is 16.8 Å². The van der Waals surface area contributed by atoms with E-state index in [0.717, 1.165) is 32.1 Å². The van der Waals surface area contributed by atoms with Crippen molar-refractivity contribution in [1.82, 2.24) is 0 Å². The summed E-state index contributed by atoms with van der Waals surface area (Å²) in [4.78, 5) is 0. The predicted octanol–water partition coefficient (Wildman–Crippen LogP) is 6.00. The third kappa shape index (κ3) is 2.10. The first-order valence-electron chi connectivity index (χ1n) is 7.59. The second-order valence-corrected chi connectivity index (χ2v) is 8.18. The molecule has 3 aromatic carbocycles. The summed E-state index contributed by atoms with van der Waals surface area (Å²) in [6, 6.07) is 18.2. The number of aromatic hydroxyl groups is 2. The smallest absolute Gasteiger partial charge is 0.124 e. The van der Waals surface area contributed by atoms with Crippen LogP contribution in [0.2, 0.25) is 0 Å². The molecule has 114 valence electrons. The molecule has 1 aromatic heterocycles. The van der Waals surface area contributed by atoms with Gasteiger partial charge in [0.05, 0.1) is 0 Å². The molecule has 1 heterocycles. The van der Waals surface area contributed by atoms with E-state index in [0.29, 0.717) is 0 Å². The number of rotatable bonds is 1. The van der Waals surface area contributed by atoms with Gasteiger partial charge in [-0.3, -0.25) is 0 Å². The molecule has 0 saturated heterocycles. The van der Waals surface area contributed by atoms with Gasteiger partial charge in [-0.25, -0.2) is 0 Å². The first-order valence-corrected chi connectivity index (χ1v) is 8.93. The molecule has 4 rings (SSSR count). The first kappa shape index (κ1) is 14.2. The van der Waals surface area contributed by atoms with Crippen LogP contribution in [0.3, 0.4) is 0 Å². The molecular weight excluding hydrogens is 303 g/mol. The molecule has 0 fully saturated rings. The molecule has 3 heteroatoms. The van der Waals surface area contributed by atoms with Gasteiger partial charge in [0.15, 0.2) is 0 Å². The van der Waals surface area contributed by atoms with Gasteiger partial charge < -0.3 is 10.2 Å². The van der Waals surface area contributed by atoms with Crippen LogP contribution in [0.4, 0.5) is 0 Å². The summed E-state index contributed by atoms with van der Waals surface area (Å²) in [6.45, 7) is 3.99. The van der Waals surface area contributed by atoms with Crippen molar-refractivity contribution in [1.29, 1.82) is 0 Å². The standard InChI is InChI=1S/C20H17O2P/c1-12-8-15(21)19-17(10-12)23(14-6-4-3-5-7-14)18-11-13(2)9-16(22)20(18)19/h3-11,21-22H,1-2H3. The molecule has 0 radical (unpaired) electrons. The van der Waals surface area contributed by atoms with Gasteiger partial charge in [0.1, 0.15) is 11.5 Å². The summed E-state index contributed by atoms with van der Waals surface area (Å²) >= 11 is 0. The van der Waals surface area contributed by atoms with Gasteiger partial charge in [-0.15, -0.1) is 0 Å². The molecule has 0 aliphatic carbocycles. The van der Waals surface area contributed by atoms with Gasteiger partial charge in [-0.05, 0) is 54.5 Å². The maximum atomic E-state index is 10.5. The molecular formula is C20H17O2P. The lowest BCUT2D eigenvalue weighted by molar-refractivity contribution is 0.477. The van der Waals surface area contributed by atoms with E-state index in [1.165, 1.54) is 5.30 Å². The van der Waals surface area contributed by atoms with Crippen molar-refractivity contribution >= 4 is 28.5 Å². The Morgan fingerprint density at radius 1 is 0.696 bits per heavy atom. The Morgan fingerprint density at radius 3 is 1.65 bits per heavy atom. The van der Waals surface area contributed by atoms with Crippen LogP contribution in [0.5, 0.6) is 11.5 Å². The van der Waals surface area contributed by atoms with Gasteiger partial charge >= 0.3 is 0 Å². The fourth-order valence-corrected chi connectivity index (χ4v) is 6.20. The van der Waals surface area contributed by atoms with E-state index in [9.17, 15) is 10.2 Å². The molecule has 4 aromatic rings. The molecule has 0 aliphatic heterocycles. The lowest BCUT2D eigenvalue weighted by Gasteiger charge is -2.05. The maximum Gasteiger partial charge on any atom is 0.124 e. The fourth-order valence-electron chi connectivity index (χ4n) is 3.35. The third-order valence-corrected chi connectivity index (χ3v) is 6.71. The number of fused-ring (bicyclic) bond motifs is 3. The van der Waals surface area contributed by atoms with Gasteiger partial charge in [0.25, 0.3) is 0 Å². The number of hydrogen-bond acceptors (Lipinski definition) is 2. The first-order chi connectivity index (χ1) is 11.1. The minimum Gasteiger partial charge on any atom is -0.507 e. The SMILES string of the molecule is Cc1cc(O)c2c3c(O)cc(C)cc3p(-c3ccccc3)c2c1. The van der Waals surface area contributed by atoms with E-state index < -0.39 is 7.53 Å². The van der Waals surface area contributed by atoms with E-state index >= 15 is 0 Å². The second-order valence-electron chi connectivity index (χ2n) is 6.03.